The Kier molecular flexibility index (Phi) is 6.93. The predicted octanol–water partition coefficient (Wildman–Crippen LogP) is 2.98. The summed E-state index contributed by atoms with van der Waals surface area (Å²) in [6.45, 7) is 5.23. The highest BCUT2D eigenvalue weighted by molar-refractivity contribution is 5.87. The van der Waals surface area contributed by atoms with Crippen LogP contribution in [0.25, 0.3) is 0 Å². The van der Waals surface area contributed by atoms with Crippen LogP contribution in [0, 0.1) is 19.7 Å². The van der Waals surface area contributed by atoms with Gasteiger partial charge < -0.3 is 15.0 Å². The first-order chi connectivity index (χ1) is 12.8. The van der Waals surface area contributed by atoms with Gasteiger partial charge in [-0.3, -0.25) is 9.59 Å². The van der Waals surface area contributed by atoms with Gasteiger partial charge in [-0.05, 0) is 38.5 Å². The van der Waals surface area contributed by atoms with Gasteiger partial charge in [-0.15, -0.1) is 0 Å². The lowest BCUT2D eigenvalue weighted by Crippen LogP contribution is -2.48. The third-order valence-corrected chi connectivity index (χ3v) is 4.39. The quantitative estimate of drug-likeness (QED) is 0.813. The van der Waals surface area contributed by atoms with Crippen molar-refractivity contribution >= 4 is 11.8 Å². The molecule has 1 N–H and O–H groups in total. The fourth-order valence-electron chi connectivity index (χ4n) is 2.79. The van der Waals surface area contributed by atoms with Crippen LogP contribution in [0.2, 0.25) is 0 Å². The minimum absolute atomic E-state index is 0.0175. The standard InChI is InChI=1S/C21H25FN2O3/c1-14-9-10-19(15(2)11-14)27-13-20(25)24(16(3)21(26)23-4)12-17-7-5-6-8-18(17)22/h5-11,16H,12-13H2,1-4H3,(H,23,26)/t16-/m1/s1. The number of rotatable bonds is 7. The third kappa shape index (κ3) is 5.29. The van der Waals surface area contributed by atoms with Gasteiger partial charge in [0.1, 0.15) is 17.6 Å². The van der Waals surface area contributed by atoms with Crippen LogP contribution in [-0.4, -0.2) is 36.4 Å². The number of ether oxygens (including phenoxy) is 1. The topological polar surface area (TPSA) is 58.6 Å². The van der Waals surface area contributed by atoms with Crippen molar-refractivity contribution in [1.82, 2.24) is 10.2 Å². The van der Waals surface area contributed by atoms with Crippen molar-refractivity contribution in [1.29, 1.82) is 0 Å². The largest absolute Gasteiger partial charge is 0.483 e. The van der Waals surface area contributed by atoms with Gasteiger partial charge >= 0.3 is 0 Å². The Morgan fingerprint density at radius 1 is 1.19 bits per heavy atom. The minimum atomic E-state index is -0.759. The minimum Gasteiger partial charge on any atom is -0.483 e. The second-order valence-electron chi connectivity index (χ2n) is 6.46. The van der Waals surface area contributed by atoms with Crippen LogP contribution in [-0.2, 0) is 16.1 Å². The van der Waals surface area contributed by atoms with Gasteiger partial charge in [0.05, 0.1) is 0 Å². The molecule has 144 valence electrons. The van der Waals surface area contributed by atoms with E-state index in [2.05, 4.69) is 5.32 Å². The molecule has 0 aromatic heterocycles. The number of benzene rings is 2. The smallest absolute Gasteiger partial charge is 0.261 e. The molecular formula is C21H25FN2O3. The fourth-order valence-corrected chi connectivity index (χ4v) is 2.79. The van der Waals surface area contributed by atoms with Crippen molar-refractivity contribution in [2.45, 2.75) is 33.4 Å². The highest BCUT2D eigenvalue weighted by Gasteiger charge is 2.26. The number of nitrogens with zero attached hydrogens (tertiary/aromatic N) is 1. The molecule has 0 aliphatic heterocycles. The number of halogens is 1. The molecule has 27 heavy (non-hydrogen) atoms. The Hall–Kier alpha value is -2.89. The molecule has 2 aromatic carbocycles. The molecule has 6 heteroatoms. The van der Waals surface area contributed by atoms with Crippen LogP contribution in [0.15, 0.2) is 42.5 Å². The fraction of sp³-hybridized carbons (Fsp3) is 0.333. The Morgan fingerprint density at radius 2 is 1.89 bits per heavy atom. The van der Waals surface area contributed by atoms with Crippen molar-refractivity contribution in [3.05, 3.63) is 65.0 Å². The van der Waals surface area contributed by atoms with Crippen LogP contribution >= 0.6 is 0 Å². The van der Waals surface area contributed by atoms with Gasteiger partial charge in [0.15, 0.2) is 6.61 Å². The molecule has 1 atom stereocenters. The van der Waals surface area contributed by atoms with E-state index in [0.29, 0.717) is 11.3 Å². The molecule has 0 spiro atoms. The Labute approximate surface area is 159 Å². The second kappa shape index (κ2) is 9.16. The van der Waals surface area contributed by atoms with E-state index in [0.717, 1.165) is 11.1 Å². The summed E-state index contributed by atoms with van der Waals surface area (Å²) in [5, 5.41) is 2.52. The first-order valence-electron chi connectivity index (χ1n) is 8.78. The van der Waals surface area contributed by atoms with E-state index in [4.69, 9.17) is 4.74 Å². The molecule has 0 unspecified atom stereocenters. The zero-order chi connectivity index (χ0) is 20.0. The highest BCUT2D eigenvalue weighted by atomic mass is 19.1. The number of hydrogen-bond acceptors (Lipinski definition) is 3. The Morgan fingerprint density at radius 3 is 2.52 bits per heavy atom. The lowest BCUT2D eigenvalue weighted by Gasteiger charge is -2.28. The lowest BCUT2D eigenvalue weighted by atomic mass is 10.1. The van der Waals surface area contributed by atoms with Gasteiger partial charge in [-0.1, -0.05) is 35.9 Å². The van der Waals surface area contributed by atoms with E-state index in [-0.39, 0.29) is 19.1 Å². The first-order valence-corrected chi connectivity index (χ1v) is 8.78. The summed E-state index contributed by atoms with van der Waals surface area (Å²) < 4.78 is 19.7. The molecule has 0 radical (unpaired) electrons. The summed E-state index contributed by atoms with van der Waals surface area (Å²) in [4.78, 5) is 26.2. The van der Waals surface area contributed by atoms with Crippen LogP contribution in [0.4, 0.5) is 4.39 Å². The van der Waals surface area contributed by atoms with Gasteiger partial charge in [0, 0.05) is 19.2 Å². The molecule has 2 rings (SSSR count). The van der Waals surface area contributed by atoms with E-state index in [9.17, 15) is 14.0 Å². The maximum absolute atomic E-state index is 14.0. The Bertz CT molecular complexity index is 823. The van der Waals surface area contributed by atoms with Gasteiger partial charge in [0.25, 0.3) is 5.91 Å². The number of carbonyl (C=O) groups excluding carboxylic acids is 2. The molecule has 0 aliphatic rings. The zero-order valence-corrected chi connectivity index (χ0v) is 16.1. The molecule has 5 nitrogen and oxygen atoms in total. The monoisotopic (exact) mass is 372 g/mol. The van der Waals surface area contributed by atoms with E-state index >= 15 is 0 Å². The molecular weight excluding hydrogens is 347 g/mol. The number of hydrogen-bond donors (Lipinski definition) is 1. The normalized spacial score (nSPS) is 11.6. The van der Waals surface area contributed by atoms with E-state index in [1.54, 1.807) is 31.2 Å². The molecule has 0 fully saturated rings. The van der Waals surface area contributed by atoms with Crippen molar-refractivity contribution < 1.29 is 18.7 Å². The number of likely N-dealkylation sites (N-methyl/N-ethyl adjacent to an activating group) is 1. The van der Waals surface area contributed by atoms with Crippen LogP contribution < -0.4 is 10.1 Å². The summed E-state index contributed by atoms with van der Waals surface area (Å²) in [7, 11) is 1.50. The summed E-state index contributed by atoms with van der Waals surface area (Å²) in [6, 6.07) is 11.1. The summed E-state index contributed by atoms with van der Waals surface area (Å²) in [6.07, 6.45) is 0. The summed E-state index contributed by atoms with van der Waals surface area (Å²) >= 11 is 0. The van der Waals surface area contributed by atoms with Crippen molar-refractivity contribution in [2.75, 3.05) is 13.7 Å². The molecule has 2 aromatic rings. The van der Waals surface area contributed by atoms with Gasteiger partial charge in [-0.2, -0.15) is 0 Å². The lowest BCUT2D eigenvalue weighted by molar-refractivity contribution is -0.142. The average Bonchev–Trinajstić information content (AvgIpc) is 2.65. The molecule has 2 amide bonds. The number of carbonyl (C=O) groups is 2. The first kappa shape index (κ1) is 20.4. The summed E-state index contributed by atoms with van der Waals surface area (Å²) in [5.74, 6) is -0.539. The SMILES string of the molecule is CNC(=O)[C@@H](C)N(Cc1ccccc1F)C(=O)COc1ccc(C)cc1C. The third-order valence-electron chi connectivity index (χ3n) is 4.39. The van der Waals surface area contributed by atoms with E-state index in [1.165, 1.54) is 18.0 Å². The van der Waals surface area contributed by atoms with Crippen molar-refractivity contribution in [2.24, 2.45) is 0 Å². The van der Waals surface area contributed by atoms with Gasteiger partial charge in [0.2, 0.25) is 5.91 Å². The molecule has 0 heterocycles. The van der Waals surface area contributed by atoms with Gasteiger partial charge in [-0.25, -0.2) is 4.39 Å². The maximum atomic E-state index is 14.0. The van der Waals surface area contributed by atoms with Crippen LogP contribution in [0.1, 0.15) is 23.6 Å². The highest BCUT2D eigenvalue weighted by Crippen LogP contribution is 2.19. The molecule has 0 aliphatic carbocycles. The molecule has 0 bridgehead atoms. The second-order valence-corrected chi connectivity index (χ2v) is 6.46. The van der Waals surface area contributed by atoms with E-state index in [1.807, 2.05) is 26.0 Å². The molecule has 0 saturated carbocycles. The molecule has 0 saturated heterocycles. The predicted molar refractivity (Wildman–Crippen MR) is 102 cm³/mol. The van der Waals surface area contributed by atoms with Crippen LogP contribution in [0.3, 0.4) is 0 Å². The Balaban J connectivity index is 2.17. The number of aryl methyl sites for hydroxylation is 2. The zero-order valence-electron chi connectivity index (χ0n) is 16.1. The van der Waals surface area contributed by atoms with Crippen LogP contribution in [0.5, 0.6) is 5.75 Å². The summed E-state index contributed by atoms with van der Waals surface area (Å²) in [5.41, 5.74) is 2.36. The van der Waals surface area contributed by atoms with Crippen molar-refractivity contribution in [3.8, 4) is 5.75 Å². The van der Waals surface area contributed by atoms with E-state index < -0.39 is 17.8 Å². The maximum Gasteiger partial charge on any atom is 0.261 e. The average molecular weight is 372 g/mol. The number of nitrogens with one attached hydrogen (secondary N) is 1. The van der Waals surface area contributed by atoms with Crippen molar-refractivity contribution in [3.63, 3.8) is 0 Å². The number of amides is 2.